The van der Waals surface area contributed by atoms with Crippen LogP contribution < -0.4 is 10.9 Å². The van der Waals surface area contributed by atoms with Crippen molar-refractivity contribution in [1.29, 1.82) is 0 Å². The standard InChI is InChI=1S/C40H19BN2O/c1-2-9-21-19-30-28(18-20(21)8-1)24-12-6-14-26-32-33-25-10-3-4-17-31(25)44-40(33)34-27-15-5-11-22-23-13-7-16-29-38(23)42(36(22)27)39(34)35(32)41(29)43(30)37(24)26/h1-19H. The highest BCUT2D eigenvalue weighted by molar-refractivity contribution is 6.91. The van der Waals surface area contributed by atoms with Gasteiger partial charge >= 0.3 is 6.85 Å². The molecule has 0 amide bonds. The maximum absolute atomic E-state index is 6.89. The van der Waals surface area contributed by atoms with E-state index < -0.39 is 0 Å². The van der Waals surface area contributed by atoms with E-state index in [1.165, 1.54) is 103 Å². The zero-order valence-corrected chi connectivity index (χ0v) is 23.3. The van der Waals surface area contributed by atoms with E-state index in [4.69, 9.17) is 4.42 Å². The van der Waals surface area contributed by atoms with E-state index in [1.807, 2.05) is 0 Å². The lowest BCUT2D eigenvalue weighted by Crippen LogP contribution is -2.53. The van der Waals surface area contributed by atoms with Crippen molar-refractivity contribution in [1.82, 2.24) is 8.88 Å². The van der Waals surface area contributed by atoms with Crippen molar-refractivity contribution < 1.29 is 4.42 Å². The molecule has 7 aromatic carbocycles. The highest BCUT2D eigenvalue weighted by Gasteiger charge is 2.43. The fourth-order valence-corrected chi connectivity index (χ4v) is 9.46. The monoisotopic (exact) mass is 554 g/mol. The van der Waals surface area contributed by atoms with Gasteiger partial charge in [-0.05, 0) is 45.5 Å². The second-order valence-electron chi connectivity index (χ2n) is 12.8. The van der Waals surface area contributed by atoms with Gasteiger partial charge in [0, 0.05) is 54.3 Å². The molecule has 0 bridgehead atoms. The van der Waals surface area contributed by atoms with Gasteiger partial charge in [-0.3, -0.25) is 0 Å². The maximum atomic E-state index is 6.89. The van der Waals surface area contributed by atoms with Crippen LogP contribution in [0.3, 0.4) is 0 Å². The van der Waals surface area contributed by atoms with Gasteiger partial charge in [-0.2, -0.15) is 0 Å². The van der Waals surface area contributed by atoms with Crippen LogP contribution in [0.1, 0.15) is 0 Å². The van der Waals surface area contributed by atoms with Gasteiger partial charge in [0.25, 0.3) is 0 Å². The van der Waals surface area contributed by atoms with E-state index >= 15 is 0 Å². The number of para-hydroxylation sites is 4. The summed E-state index contributed by atoms with van der Waals surface area (Å²) in [6.07, 6.45) is 0. The Morgan fingerprint density at radius 2 is 1.23 bits per heavy atom. The first kappa shape index (κ1) is 21.0. The fraction of sp³-hybridized carbons (Fsp3) is 0. The van der Waals surface area contributed by atoms with Crippen molar-refractivity contribution in [2.45, 2.75) is 0 Å². The third kappa shape index (κ3) is 2.00. The van der Waals surface area contributed by atoms with Crippen LogP contribution in [0.5, 0.6) is 0 Å². The third-order valence-corrected chi connectivity index (χ3v) is 11.0. The summed E-state index contributed by atoms with van der Waals surface area (Å²) in [6, 6.07) is 42.9. The lowest BCUT2D eigenvalue weighted by molar-refractivity contribution is 0.673. The first-order valence-electron chi connectivity index (χ1n) is 15.4. The molecule has 0 spiro atoms. The second-order valence-corrected chi connectivity index (χ2v) is 12.8. The Bertz CT molecular complexity index is 3170. The van der Waals surface area contributed by atoms with E-state index in [1.54, 1.807) is 0 Å². The fourth-order valence-electron chi connectivity index (χ4n) is 9.46. The molecule has 11 aromatic rings. The van der Waals surface area contributed by atoms with Crippen LogP contribution in [-0.4, -0.2) is 15.7 Å². The van der Waals surface area contributed by atoms with Crippen LogP contribution in [0.25, 0.3) is 104 Å². The number of fused-ring (bicyclic) bond motifs is 14. The minimum absolute atomic E-state index is 0.0439. The molecule has 0 unspecified atom stereocenters. The predicted molar refractivity (Wildman–Crippen MR) is 185 cm³/mol. The topological polar surface area (TPSA) is 22.5 Å². The molecular weight excluding hydrogens is 535 g/mol. The Morgan fingerprint density at radius 3 is 2.14 bits per heavy atom. The molecular formula is C40H19BN2O. The Kier molecular flexibility index (Phi) is 3.15. The predicted octanol–water partition coefficient (Wildman–Crippen LogP) is 8.94. The molecule has 2 aliphatic rings. The maximum Gasteiger partial charge on any atom is 0.333 e. The Hall–Kier alpha value is -5.74. The normalized spacial score (nSPS) is 13.9. The number of benzene rings is 7. The number of aromatic nitrogens is 2. The summed E-state index contributed by atoms with van der Waals surface area (Å²) in [7, 11) is 0. The van der Waals surface area contributed by atoms with Crippen molar-refractivity contribution in [3.8, 4) is 11.1 Å². The lowest BCUT2D eigenvalue weighted by atomic mass is 9.45. The molecule has 0 radical (unpaired) electrons. The molecule has 0 saturated carbocycles. The smallest absolute Gasteiger partial charge is 0.333 e. The molecule has 2 aliphatic heterocycles. The molecule has 0 N–H and O–H groups in total. The molecule has 4 aromatic heterocycles. The zero-order chi connectivity index (χ0) is 28.0. The van der Waals surface area contributed by atoms with Crippen LogP contribution in [0.15, 0.2) is 120 Å². The van der Waals surface area contributed by atoms with Gasteiger partial charge < -0.3 is 13.3 Å². The molecule has 0 aliphatic carbocycles. The van der Waals surface area contributed by atoms with Crippen molar-refractivity contribution in [3.05, 3.63) is 115 Å². The van der Waals surface area contributed by atoms with Crippen molar-refractivity contribution in [2.24, 2.45) is 0 Å². The SMILES string of the molecule is c1ccc2cc3c(cc2c1)c1cccc2c1n3B1c3cccc4c5cccc6c7c8oc9ccccc9c8c-2c1c7n(c34)c56. The largest absolute Gasteiger partial charge is 0.455 e. The minimum atomic E-state index is 0.0439. The third-order valence-electron chi connectivity index (χ3n) is 11.0. The van der Waals surface area contributed by atoms with Crippen molar-refractivity contribution in [2.75, 3.05) is 0 Å². The zero-order valence-electron chi connectivity index (χ0n) is 23.3. The number of hydrogen-bond acceptors (Lipinski definition) is 1. The average molecular weight is 554 g/mol. The number of furan rings is 1. The molecule has 4 heteroatoms. The summed E-state index contributed by atoms with van der Waals surface area (Å²) in [5.41, 5.74) is 13.9. The van der Waals surface area contributed by atoms with Crippen LogP contribution in [-0.2, 0) is 0 Å². The van der Waals surface area contributed by atoms with Gasteiger partial charge in [0.05, 0.1) is 21.9 Å². The lowest BCUT2D eigenvalue weighted by Gasteiger charge is -2.31. The van der Waals surface area contributed by atoms with E-state index in [0.717, 1.165) is 11.2 Å². The van der Waals surface area contributed by atoms with Crippen LogP contribution in [0, 0.1) is 0 Å². The van der Waals surface area contributed by atoms with E-state index in [-0.39, 0.29) is 6.85 Å². The highest BCUT2D eigenvalue weighted by atomic mass is 16.3. The summed E-state index contributed by atoms with van der Waals surface area (Å²) < 4.78 is 12.2. The van der Waals surface area contributed by atoms with Gasteiger partial charge in [0.2, 0.25) is 0 Å². The summed E-state index contributed by atoms with van der Waals surface area (Å²) >= 11 is 0. The summed E-state index contributed by atoms with van der Waals surface area (Å²) in [4.78, 5) is 0. The molecule has 198 valence electrons. The van der Waals surface area contributed by atoms with Gasteiger partial charge in [0.15, 0.2) is 0 Å². The number of rotatable bonds is 0. The van der Waals surface area contributed by atoms with Crippen molar-refractivity contribution >= 4 is 110 Å². The van der Waals surface area contributed by atoms with E-state index in [0.29, 0.717) is 0 Å². The van der Waals surface area contributed by atoms with Crippen LogP contribution >= 0.6 is 0 Å². The molecule has 44 heavy (non-hydrogen) atoms. The van der Waals surface area contributed by atoms with E-state index in [2.05, 4.69) is 124 Å². The Balaban J connectivity index is 1.42. The Morgan fingerprint density at radius 1 is 0.523 bits per heavy atom. The van der Waals surface area contributed by atoms with Gasteiger partial charge in [-0.25, -0.2) is 0 Å². The van der Waals surface area contributed by atoms with Gasteiger partial charge in [-0.1, -0.05) is 97.1 Å². The van der Waals surface area contributed by atoms with Crippen LogP contribution in [0.4, 0.5) is 0 Å². The van der Waals surface area contributed by atoms with E-state index in [9.17, 15) is 0 Å². The second kappa shape index (κ2) is 6.59. The quantitative estimate of drug-likeness (QED) is 0.172. The molecule has 6 heterocycles. The van der Waals surface area contributed by atoms with Gasteiger partial charge in [0.1, 0.15) is 11.2 Å². The summed E-state index contributed by atoms with van der Waals surface area (Å²) in [6.45, 7) is 0.0439. The van der Waals surface area contributed by atoms with Crippen LogP contribution in [0.2, 0.25) is 0 Å². The Labute approximate surface area is 249 Å². The summed E-state index contributed by atoms with van der Waals surface area (Å²) in [5, 5.41) is 12.8. The number of nitrogens with zero attached hydrogens (tertiary/aromatic N) is 2. The average Bonchev–Trinajstić information content (AvgIpc) is 3.81. The first-order valence-corrected chi connectivity index (χ1v) is 15.4. The molecule has 0 fully saturated rings. The minimum Gasteiger partial charge on any atom is -0.455 e. The molecule has 0 saturated heterocycles. The highest BCUT2D eigenvalue weighted by Crippen LogP contribution is 2.51. The molecule has 3 nitrogen and oxygen atoms in total. The summed E-state index contributed by atoms with van der Waals surface area (Å²) in [5.74, 6) is 0. The van der Waals surface area contributed by atoms with Gasteiger partial charge in [-0.15, -0.1) is 0 Å². The van der Waals surface area contributed by atoms with Crippen molar-refractivity contribution in [3.63, 3.8) is 0 Å². The molecule has 13 rings (SSSR count). The number of hydrogen-bond donors (Lipinski definition) is 0. The molecule has 0 atom stereocenters. The first-order chi connectivity index (χ1) is 21.9.